The highest BCUT2D eigenvalue weighted by Gasteiger charge is 2.07. The van der Waals surface area contributed by atoms with Crippen molar-refractivity contribution in [2.75, 3.05) is 0 Å². The number of rotatable bonds is 4. The summed E-state index contributed by atoms with van der Waals surface area (Å²) in [5, 5.41) is 0. The molecule has 2 rings (SSSR count). The number of aromatic amines is 1. The smallest absolute Gasteiger partial charge is 0.254 e. The van der Waals surface area contributed by atoms with Gasteiger partial charge in [-0.2, -0.15) is 0 Å². The van der Waals surface area contributed by atoms with E-state index in [1.54, 1.807) is 11.8 Å². The Morgan fingerprint density at radius 1 is 1.26 bits per heavy atom. The Morgan fingerprint density at radius 3 is 2.68 bits per heavy atom. The van der Waals surface area contributed by atoms with Crippen LogP contribution in [0.15, 0.2) is 34.0 Å². The van der Waals surface area contributed by atoms with Gasteiger partial charge in [0.2, 0.25) is 0 Å². The fraction of sp³-hybridized carbons (Fsp3) is 0.333. The maximum Gasteiger partial charge on any atom is 0.254 e. The molecule has 19 heavy (non-hydrogen) atoms. The summed E-state index contributed by atoms with van der Waals surface area (Å²) in [7, 11) is 0. The molecule has 0 amide bonds. The van der Waals surface area contributed by atoms with Crippen molar-refractivity contribution >= 4 is 11.8 Å². The van der Waals surface area contributed by atoms with Crippen LogP contribution in [0.4, 0.5) is 0 Å². The van der Waals surface area contributed by atoms with Crippen molar-refractivity contribution < 1.29 is 0 Å². The summed E-state index contributed by atoms with van der Waals surface area (Å²) in [6.07, 6.45) is 0.789. The largest absolute Gasteiger partial charge is 0.310 e. The first kappa shape index (κ1) is 13.9. The van der Waals surface area contributed by atoms with Gasteiger partial charge in [0.05, 0.1) is 11.4 Å². The van der Waals surface area contributed by atoms with Gasteiger partial charge < -0.3 is 4.98 Å². The van der Waals surface area contributed by atoms with Crippen LogP contribution < -0.4 is 5.56 Å². The molecule has 2 aromatic rings. The van der Waals surface area contributed by atoms with Crippen LogP contribution in [0.25, 0.3) is 0 Å². The van der Waals surface area contributed by atoms with Crippen molar-refractivity contribution in [3.8, 4) is 0 Å². The number of aromatic nitrogens is 2. The van der Waals surface area contributed by atoms with Crippen molar-refractivity contribution in [2.24, 2.45) is 0 Å². The first-order valence-corrected chi connectivity index (χ1v) is 7.37. The minimum atomic E-state index is -0.0211. The Morgan fingerprint density at radius 2 is 2.00 bits per heavy atom. The first-order chi connectivity index (χ1) is 9.11. The second kappa shape index (κ2) is 6.06. The predicted molar refractivity (Wildman–Crippen MR) is 79.7 cm³/mol. The molecule has 0 fully saturated rings. The van der Waals surface area contributed by atoms with E-state index < -0.39 is 0 Å². The monoisotopic (exact) mass is 274 g/mol. The van der Waals surface area contributed by atoms with Crippen LogP contribution in [-0.4, -0.2) is 9.97 Å². The summed E-state index contributed by atoms with van der Waals surface area (Å²) >= 11 is 1.70. The molecule has 3 nitrogen and oxygen atoms in total. The molecule has 0 unspecified atom stereocenters. The van der Waals surface area contributed by atoms with E-state index >= 15 is 0 Å². The molecule has 0 radical (unpaired) electrons. The van der Waals surface area contributed by atoms with E-state index in [0.29, 0.717) is 5.75 Å². The molecule has 1 aromatic heterocycles. The fourth-order valence-electron chi connectivity index (χ4n) is 1.91. The predicted octanol–water partition coefficient (Wildman–Crippen LogP) is 3.24. The normalized spacial score (nSPS) is 10.7. The molecular weight excluding hydrogens is 256 g/mol. The SMILES string of the molecule is CCc1nc(CSc2ccccc2C)[nH]c(=O)c1C. The third-order valence-corrected chi connectivity index (χ3v) is 4.28. The summed E-state index contributed by atoms with van der Waals surface area (Å²) in [4.78, 5) is 20.4. The minimum Gasteiger partial charge on any atom is -0.310 e. The molecular formula is C15H18N2OS. The molecule has 4 heteroatoms. The van der Waals surface area contributed by atoms with Gasteiger partial charge in [-0.15, -0.1) is 11.8 Å². The second-order valence-corrected chi connectivity index (χ2v) is 5.51. The van der Waals surface area contributed by atoms with Gasteiger partial charge in [-0.25, -0.2) is 4.98 Å². The van der Waals surface area contributed by atoms with Gasteiger partial charge in [0.15, 0.2) is 0 Å². The standard InChI is InChI=1S/C15H18N2OS/c1-4-12-11(3)15(18)17-14(16-12)9-19-13-8-6-5-7-10(13)2/h5-8H,4,9H2,1-3H3,(H,16,17,18). The molecule has 1 aromatic carbocycles. The zero-order chi connectivity index (χ0) is 13.8. The Bertz CT molecular complexity index is 634. The Labute approximate surface area is 117 Å². The number of hydrogen-bond acceptors (Lipinski definition) is 3. The molecule has 0 aliphatic carbocycles. The molecule has 1 N–H and O–H groups in total. The van der Waals surface area contributed by atoms with Crippen molar-refractivity contribution in [3.63, 3.8) is 0 Å². The number of nitrogens with zero attached hydrogens (tertiary/aromatic N) is 1. The molecule has 100 valence electrons. The highest BCUT2D eigenvalue weighted by atomic mass is 32.2. The number of aryl methyl sites for hydroxylation is 2. The van der Waals surface area contributed by atoms with E-state index in [9.17, 15) is 4.79 Å². The molecule has 1 heterocycles. The van der Waals surface area contributed by atoms with Crippen LogP contribution in [0.5, 0.6) is 0 Å². The van der Waals surface area contributed by atoms with Gasteiger partial charge in [-0.1, -0.05) is 25.1 Å². The van der Waals surface area contributed by atoms with Gasteiger partial charge in [-0.05, 0) is 31.9 Å². The van der Waals surface area contributed by atoms with E-state index in [2.05, 4.69) is 29.0 Å². The van der Waals surface area contributed by atoms with E-state index in [1.165, 1.54) is 10.5 Å². The number of H-pyrrole nitrogens is 1. The summed E-state index contributed by atoms with van der Waals surface area (Å²) in [5.41, 5.74) is 2.85. The number of benzene rings is 1. The third-order valence-electron chi connectivity index (χ3n) is 3.09. The summed E-state index contributed by atoms with van der Waals surface area (Å²) in [5.74, 6) is 1.44. The van der Waals surface area contributed by atoms with Crippen LogP contribution in [0, 0.1) is 13.8 Å². The lowest BCUT2D eigenvalue weighted by molar-refractivity contribution is 0.895. The average Bonchev–Trinajstić information content (AvgIpc) is 2.41. The van der Waals surface area contributed by atoms with E-state index in [0.717, 1.165) is 23.5 Å². The highest BCUT2D eigenvalue weighted by Crippen LogP contribution is 2.24. The van der Waals surface area contributed by atoms with Crippen LogP contribution in [-0.2, 0) is 12.2 Å². The second-order valence-electron chi connectivity index (χ2n) is 4.49. The van der Waals surface area contributed by atoms with Crippen LogP contribution in [0.1, 0.15) is 29.6 Å². The lowest BCUT2D eigenvalue weighted by atomic mass is 10.2. The van der Waals surface area contributed by atoms with E-state index in [1.807, 2.05) is 26.0 Å². The van der Waals surface area contributed by atoms with Gasteiger partial charge >= 0.3 is 0 Å². The number of hydrogen-bond donors (Lipinski definition) is 1. The van der Waals surface area contributed by atoms with Crippen LogP contribution in [0.2, 0.25) is 0 Å². The van der Waals surface area contributed by atoms with Crippen LogP contribution in [0.3, 0.4) is 0 Å². The number of thioether (sulfide) groups is 1. The molecule has 0 spiro atoms. The Kier molecular flexibility index (Phi) is 4.43. The van der Waals surface area contributed by atoms with Crippen molar-refractivity contribution in [2.45, 2.75) is 37.8 Å². The molecule has 0 bridgehead atoms. The minimum absolute atomic E-state index is 0.0211. The summed E-state index contributed by atoms with van der Waals surface area (Å²) in [6, 6.07) is 8.23. The zero-order valence-corrected chi connectivity index (χ0v) is 12.3. The van der Waals surface area contributed by atoms with Crippen molar-refractivity contribution in [1.82, 2.24) is 9.97 Å². The average molecular weight is 274 g/mol. The Balaban J connectivity index is 2.19. The van der Waals surface area contributed by atoms with Crippen molar-refractivity contribution in [1.29, 1.82) is 0 Å². The van der Waals surface area contributed by atoms with Crippen molar-refractivity contribution in [3.05, 3.63) is 57.3 Å². The topological polar surface area (TPSA) is 45.8 Å². The molecule has 0 atom stereocenters. The van der Waals surface area contributed by atoms with Gasteiger partial charge in [0.25, 0.3) is 5.56 Å². The van der Waals surface area contributed by atoms with Gasteiger partial charge in [0.1, 0.15) is 5.82 Å². The summed E-state index contributed by atoms with van der Waals surface area (Å²) in [6.45, 7) is 5.93. The summed E-state index contributed by atoms with van der Waals surface area (Å²) < 4.78 is 0. The van der Waals surface area contributed by atoms with Crippen LogP contribution >= 0.6 is 11.8 Å². The maximum absolute atomic E-state index is 11.8. The molecule has 0 saturated heterocycles. The molecule has 0 aliphatic heterocycles. The quantitative estimate of drug-likeness (QED) is 0.871. The van der Waals surface area contributed by atoms with Gasteiger partial charge in [0, 0.05) is 10.5 Å². The highest BCUT2D eigenvalue weighted by molar-refractivity contribution is 7.98. The van der Waals surface area contributed by atoms with E-state index in [4.69, 9.17) is 0 Å². The first-order valence-electron chi connectivity index (χ1n) is 6.39. The van der Waals surface area contributed by atoms with E-state index in [-0.39, 0.29) is 5.56 Å². The van der Waals surface area contributed by atoms with Gasteiger partial charge in [-0.3, -0.25) is 4.79 Å². The fourth-order valence-corrected chi connectivity index (χ4v) is 2.81. The molecule has 0 aliphatic rings. The molecule has 0 saturated carbocycles. The lowest BCUT2D eigenvalue weighted by Gasteiger charge is -2.07. The maximum atomic E-state index is 11.8. The zero-order valence-electron chi connectivity index (χ0n) is 11.5. The number of nitrogens with one attached hydrogen (secondary N) is 1. The Hall–Kier alpha value is -1.55. The lowest BCUT2D eigenvalue weighted by Crippen LogP contribution is -2.17. The third kappa shape index (κ3) is 3.26.